The quantitative estimate of drug-likeness (QED) is 0.0290. The van der Waals surface area contributed by atoms with Gasteiger partial charge in [0, 0.05) is 13.3 Å². The highest BCUT2D eigenvalue weighted by atomic mass is 16.3. The van der Waals surface area contributed by atoms with Crippen LogP contribution < -0.4 is 110 Å². The van der Waals surface area contributed by atoms with Gasteiger partial charge in [-0.25, -0.2) is 0 Å². The Hall–Kier alpha value is -7.66. The summed E-state index contributed by atoms with van der Waals surface area (Å²) in [6, 6.07) is -5.93. The van der Waals surface area contributed by atoms with E-state index < -0.39 is 138 Å². The smallest absolute Gasteiger partial charge is 0.243 e. The van der Waals surface area contributed by atoms with E-state index >= 15 is 0 Å². The van der Waals surface area contributed by atoms with Crippen molar-refractivity contribution in [3.8, 4) is 5.75 Å². The number of nitrogens with one attached hydrogen (secondary N) is 11. The van der Waals surface area contributed by atoms with Crippen molar-refractivity contribution in [2.24, 2.45) is 51.6 Å². The summed E-state index contributed by atoms with van der Waals surface area (Å²) in [6.45, 7) is -0.985. The average Bonchev–Trinajstić information content (AvgIpc) is 3.40. The van der Waals surface area contributed by atoms with Crippen molar-refractivity contribution in [3.63, 3.8) is 0 Å². The van der Waals surface area contributed by atoms with Gasteiger partial charge in [0.25, 0.3) is 0 Å². The van der Waals surface area contributed by atoms with E-state index in [1.165, 1.54) is 19.1 Å². The first-order chi connectivity index (χ1) is 38.0. The lowest BCUT2D eigenvalue weighted by molar-refractivity contribution is -0.136. The van der Waals surface area contributed by atoms with Crippen molar-refractivity contribution in [2.45, 2.75) is 119 Å². The van der Waals surface area contributed by atoms with Gasteiger partial charge in [0.05, 0.1) is 13.1 Å². The molecule has 0 aliphatic heterocycles. The van der Waals surface area contributed by atoms with Crippen LogP contribution in [-0.2, 0) is 64.0 Å². The van der Waals surface area contributed by atoms with E-state index in [0.29, 0.717) is 5.56 Å². The van der Waals surface area contributed by atoms with Crippen LogP contribution in [0.15, 0.2) is 24.3 Å². The maximum atomic E-state index is 13.8. The van der Waals surface area contributed by atoms with Crippen LogP contribution in [0.25, 0.3) is 0 Å². The molecule has 450 valence electrons. The van der Waals surface area contributed by atoms with E-state index in [1.807, 2.05) is 0 Å². The molecule has 33 nitrogen and oxygen atoms in total. The van der Waals surface area contributed by atoms with Crippen molar-refractivity contribution in [1.29, 1.82) is 0 Å². The second-order valence-corrected chi connectivity index (χ2v) is 18.2. The summed E-state index contributed by atoms with van der Waals surface area (Å²) in [7, 11) is 0. The van der Waals surface area contributed by atoms with E-state index in [2.05, 4.69) is 58.5 Å². The molecule has 12 amide bonds. The van der Waals surface area contributed by atoms with Crippen LogP contribution in [0.2, 0.25) is 0 Å². The molecular weight excluding hydrogens is 1050 g/mol. The van der Waals surface area contributed by atoms with E-state index in [1.54, 1.807) is 12.1 Å². The first-order valence-electron chi connectivity index (χ1n) is 25.9. The second kappa shape index (κ2) is 38.8. The summed E-state index contributed by atoms with van der Waals surface area (Å²) in [5.74, 6) is -9.95. The Balaban J connectivity index is 3.07. The zero-order valence-corrected chi connectivity index (χ0v) is 45.0. The fraction of sp³-hybridized carbons (Fsp3) is 0.617. The largest absolute Gasteiger partial charge is 0.508 e. The number of amides is 12. The molecule has 1 aromatic rings. The molecule has 33 heteroatoms. The monoisotopic (exact) mass is 1140 g/mol. The van der Waals surface area contributed by atoms with Crippen LogP contribution in [0, 0.1) is 0 Å². The summed E-state index contributed by atoms with van der Waals surface area (Å²) >= 11 is 0. The lowest BCUT2D eigenvalue weighted by atomic mass is 10.0. The standard InChI is InChI=1S/C47H84N20O13/c1-25(68)59-36(22-26-2-4-27(69)5-3-26)40(73)58-23-37(70)57-24-38(71)60-29(7-15-49)41(74)62-31(9-17-51)43(76)64-33(11-19-53)45(78)66-35(13-21-55)47(80)67-34(12-20-54)46(79)65-32(10-18-52)44(77)63-30(8-16-50)42(75)61-28(6-14-48)39(56)72/h2-5,28-36,69H,6-24,48-55H2,1H3,(H2,56,72)(H,57,70)(H,58,73)(H,59,68)(H,60,71)(H,61,75)(H,62,74)(H,63,77)(H,64,76)(H,65,79)(H,66,78)(H,67,80)/t28-,29-,30-,31-,32-,33-,34-,35-,36-/m0/s1. The number of hydrogen-bond donors (Lipinski definition) is 21. The molecule has 0 aliphatic rings. The molecule has 0 aromatic heterocycles. The average molecular weight is 1140 g/mol. The molecule has 0 aliphatic carbocycles. The topological polar surface area (TPSA) is 592 Å². The normalized spacial score (nSPS) is 14.3. The van der Waals surface area contributed by atoms with Crippen LogP contribution in [-0.4, -0.2) is 196 Å². The van der Waals surface area contributed by atoms with Gasteiger partial charge in [-0.05, 0) is 121 Å². The van der Waals surface area contributed by atoms with E-state index in [0.717, 1.165) is 0 Å². The molecule has 1 rings (SSSR count). The number of carbonyl (C=O) groups excluding carboxylic acids is 12. The van der Waals surface area contributed by atoms with Gasteiger partial charge >= 0.3 is 0 Å². The number of phenolic OH excluding ortho intramolecular Hbond substituents is 1. The number of hydrogen-bond acceptors (Lipinski definition) is 21. The van der Waals surface area contributed by atoms with Gasteiger partial charge in [-0.2, -0.15) is 0 Å². The first-order valence-corrected chi connectivity index (χ1v) is 25.9. The molecule has 0 saturated carbocycles. The molecule has 0 heterocycles. The van der Waals surface area contributed by atoms with E-state index in [9.17, 15) is 62.6 Å². The highest BCUT2D eigenvalue weighted by Crippen LogP contribution is 2.12. The number of benzene rings is 1. The summed E-state index contributed by atoms with van der Waals surface area (Å²) in [5.41, 5.74) is 51.8. The third kappa shape index (κ3) is 26.8. The van der Waals surface area contributed by atoms with Crippen molar-refractivity contribution in [2.75, 3.05) is 65.4 Å². The number of aromatic hydroxyl groups is 1. The molecule has 0 saturated heterocycles. The van der Waals surface area contributed by atoms with Gasteiger partial charge in [-0.1, -0.05) is 12.1 Å². The van der Waals surface area contributed by atoms with Crippen molar-refractivity contribution in [1.82, 2.24) is 58.5 Å². The summed E-state index contributed by atoms with van der Waals surface area (Å²) in [6.07, 6.45) is -1.04. The van der Waals surface area contributed by atoms with Gasteiger partial charge in [0.2, 0.25) is 70.9 Å². The highest BCUT2D eigenvalue weighted by Gasteiger charge is 2.34. The minimum atomic E-state index is -1.42. The van der Waals surface area contributed by atoms with Gasteiger partial charge < -0.3 is 115 Å². The number of nitrogens with two attached hydrogens (primary N) is 9. The molecule has 80 heavy (non-hydrogen) atoms. The van der Waals surface area contributed by atoms with Crippen LogP contribution in [0.3, 0.4) is 0 Å². The zero-order chi connectivity index (χ0) is 60.3. The Labute approximate surface area is 462 Å². The molecule has 30 N–H and O–H groups in total. The molecule has 0 fully saturated rings. The minimum Gasteiger partial charge on any atom is -0.508 e. The molecule has 0 radical (unpaired) electrons. The summed E-state index contributed by atoms with van der Waals surface area (Å²) < 4.78 is 0. The van der Waals surface area contributed by atoms with Crippen molar-refractivity contribution < 1.29 is 62.6 Å². The van der Waals surface area contributed by atoms with Gasteiger partial charge in [-0.15, -0.1) is 0 Å². The van der Waals surface area contributed by atoms with Crippen LogP contribution in [0.4, 0.5) is 0 Å². The Bertz CT molecular complexity index is 2210. The Morgan fingerprint density at radius 3 is 0.925 bits per heavy atom. The first kappa shape index (κ1) is 70.4. The Morgan fingerprint density at radius 2 is 0.637 bits per heavy atom. The number of primary amides is 1. The molecule has 0 bridgehead atoms. The minimum absolute atomic E-state index is 0.00328. The fourth-order valence-electron chi connectivity index (χ4n) is 7.51. The number of carbonyl (C=O) groups is 12. The third-order valence-corrected chi connectivity index (χ3v) is 11.7. The van der Waals surface area contributed by atoms with Gasteiger partial charge in [0.1, 0.15) is 60.1 Å². The van der Waals surface area contributed by atoms with E-state index in [4.69, 9.17) is 51.6 Å². The Morgan fingerprint density at radius 1 is 0.362 bits per heavy atom. The molecule has 9 atom stereocenters. The predicted molar refractivity (Wildman–Crippen MR) is 289 cm³/mol. The summed E-state index contributed by atoms with van der Waals surface area (Å²) in [5, 5.41) is 36.5. The zero-order valence-electron chi connectivity index (χ0n) is 45.0. The molecule has 1 aromatic carbocycles. The lowest BCUT2D eigenvalue weighted by Gasteiger charge is -2.28. The summed E-state index contributed by atoms with van der Waals surface area (Å²) in [4.78, 5) is 157. The SMILES string of the molecule is CC(=O)N[C@@H](Cc1ccc(O)cc1)C(=O)NCC(=O)NCC(=O)N[C@@H](CCN)C(=O)N[C@@H](CCN)C(=O)N[C@@H](CCN)C(=O)N[C@@H](CCN)C(=O)N[C@@H](CCN)C(=O)N[C@@H](CCN)C(=O)N[C@@H](CCN)C(=O)N[C@@H](CCN)C(N)=O. The Kier molecular flexibility index (Phi) is 34.1. The predicted octanol–water partition coefficient (Wildman–Crippen LogP) is -11.2. The van der Waals surface area contributed by atoms with Crippen molar-refractivity contribution in [3.05, 3.63) is 29.8 Å². The molecular formula is C47H84N20O13. The number of rotatable bonds is 40. The lowest BCUT2D eigenvalue weighted by Crippen LogP contribution is -2.61. The van der Waals surface area contributed by atoms with E-state index in [-0.39, 0.29) is 116 Å². The maximum Gasteiger partial charge on any atom is 0.243 e. The third-order valence-electron chi connectivity index (χ3n) is 11.7. The van der Waals surface area contributed by atoms with Crippen LogP contribution in [0.1, 0.15) is 63.9 Å². The molecule has 0 spiro atoms. The van der Waals surface area contributed by atoms with Gasteiger partial charge in [0.15, 0.2) is 0 Å². The fourth-order valence-corrected chi connectivity index (χ4v) is 7.51. The van der Waals surface area contributed by atoms with Crippen LogP contribution in [0.5, 0.6) is 5.75 Å². The van der Waals surface area contributed by atoms with Crippen molar-refractivity contribution >= 4 is 70.9 Å². The van der Waals surface area contributed by atoms with Gasteiger partial charge in [-0.3, -0.25) is 57.5 Å². The number of phenols is 1. The second-order valence-electron chi connectivity index (χ2n) is 18.2. The maximum absolute atomic E-state index is 13.8. The highest BCUT2D eigenvalue weighted by molar-refractivity contribution is 5.98. The molecule has 0 unspecified atom stereocenters. The van der Waals surface area contributed by atoms with Crippen LogP contribution >= 0.6 is 0 Å².